The Labute approximate surface area is 97.6 Å². The summed E-state index contributed by atoms with van der Waals surface area (Å²) < 4.78 is 4.81. The summed E-state index contributed by atoms with van der Waals surface area (Å²) in [4.78, 5) is 27.5. The van der Waals surface area contributed by atoms with Crippen LogP contribution in [0.2, 0.25) is 0 Å². The monoisotopic (exact) mass is 242 g/mol. The number of amides is 1. The number of H-pyrrole nitrogens is 1. The van der Waals surface area contributed by atoms with Crippen molar-refractivity contribution in [2.75, 3.05) is 26.8 Å². The molecular formula is C9H14N4O4. The standard InChI is InChI=1S/C9H14N4O4/c1-6-10-8(12-11-6)9(16)13(3-4-17-2)5-7(14)15/h3-5H2,1-2H3,(H,14,15)(H,10,11,12). The van der Waals surface area contributed by atoms with Crippen molar-refractivity contribution < 1.29 is 19.4 Å². The molecule has 0 radical (unpaired) electrons. The van der Waals surface area contributed by atoms with Crippen LogP contribution in [0.1, 0.15) is 16.4 Å². The highest BCUT2D eigenvalue weighted by atomic mass is 16.5. The molecule has 94 valence electrons. The molecule has 17 heavy (non-hydrogen) atoms. The molecule has 0 saturated heterocycles. The molecule has 1 amide bonds. The van der Waals surface area contributed by atoms with E-state index in [1.807, 2.05) is 0 Å². The third-order valence-electron chi connectivity index (χ3n) is 1.97. The topological polar surface area (TPSA) is 108 Å². The number of aliphatic carboxylic acids is 1. The maximum absolute atomic E-state index is 11.9. The molecule has 0 bridgehead atoms. The average molecular weight is 242 g/mol. The third kappa shape index (κ3) is 3.83. The zero-order chi connectivity index (χ0) is 12.8. The lowest BCUT2D eigenvalue weighted by atomic mass is 10.4. The van der Waals surface area contributed by atoms with Crippen LogP contribution in [0.3, 0.4) is 0 Å². The number of carbonyl (C=O) groups is 2. The van der Waals surface area contributed by atoms with Gasteiger partial charge in [0.25, 0.3) is 5.91 Å². The van der Waals surface area contributed by atoms with Crippen LogP contribution in [0, 0.1) is 6.92 Å². The highest BCUT2D eigenvalue weighted by Crippen LogP contribution is 1.99. The van der Waals surface area contributed by atoms with Gasteiger partial charge in [0.05, 0.1) is 6.61 Å². The molecule has 1 heterocycles. The molecule has 1 aromatic rings. The minimum absolute atomic E-state index is 0.0418. The number of rotatable bonds is 6. The minimum atomic E-state index is -1.10. The van der Waals surface area contributed by atoms with Gasteiger partial charge in [0.1, 0.15) is 12.4 Å². The first-order valence-electron chi connectivity index (χ1n) is 4.93. The number of carboxylic acid groups (broad SMARTS) is 1. The Morgan fingerprint density at radius 2 is 2.24 bits per heavy atom. The Kier molecular flexibility index (Phi) is 4.58. The summed E-state index contributed by atoms with van der Waals surface area (Å²) >= 11 is 0. The summed E-state index contributed by atoms with van der Waals surface area (Å²) in [5.41, 5.74) is 0. The van der Waals surface area contributed by atoms with E-state index in [-0.39, 0.29) is 19.0 Å². The van der Waals surface area contributed by atoms with Gasteiger partial charge in [0.2, 0.25) is 5.82 Å². The van der Waals surface area contributed by atoms with Gasteiger partial charge in [-0.25, -0.2) is 4.98 Å². The van der Waals surface area contributed by atoms with Crippen molar-refractivity contribution in [3.05, 3.63) is 11.6 Å². The van der Waals surface area contributed by atoms with Gasteiger partial charge in [0.15, 0.2) is 0 Å². The molecule has 0 atom stereocenters. The highest BCUT2D eigenvalue weighted by molar-refractivity contribution is 5.92. The van der Waals surface area contributed by atoms with E-state index in [9.17, 15) is 9.59 Å². The normalized spacial score (nSPS) is 10.2. The highest BCUT2D eigenvalue weighted by Gasteiger charge is 2.21. The van der Waals surface area contributed by atoms with Gasteiger partial charge in [0, 0.05) is 13.7 Å². The van der Waals surface area contributed by atoms with Crippen LogP contribution in [0.5, 0.6) is 0 Å². The van der Waals surface area contributed by atoms with E-state index in [1.165, 1.54) is 7.11 Å². The molecule has 8 nitrogen and oxygen atoms in total. The predicted molar refractivity (Wildman–Crippen MR) is 56.5 cm³/mol. The predicted octanol–water partition coefficient (Wildman–Crippen LogP) is -0.714. The van der Waals surface area contributed by atoms with Crippen LogP contribution in [0.15, 0.2) is 0 Å². The van der Waals surface area contributed by atoms with Crippen molar-refractivity contribution in [1.82, 2.24) is 20.1 Å². The van der Waals surface area contributed by atoms with Gasteiger partial charge in [-0.15, -0.1) is 5.10 Å². The van der Waals surface area contributed by atoms with Crippen LogP contribution in [-0.4, -0.2) is 63.9 Å². The van der Waals surface area contributed by atoms with Crippen LogP contribution in [0.25, 0.3) is 0 Å². The molecule has 8 heteroatoms. The molecule has 1 rings (SSSR count). The van der Waals surface area contributed by atoms with Crippen molar-refractivity contribution >= 4 is 11.9 Å². The fourth-order valence-corrected chi connectivity index (χ4v) is 1.20. The van der Waals surface area contributed by atoms with Crippen LogP contribution in [-0.2, 0) is 9.53 Å². The Hall–Kier alpha value is -1.96. The molecule has 0 saturated carbocycles. The molecular weight excluding hydrogens is 228 g/mol. The van der Waals surface area contributed by atoms with Crippen LogP contribution < -0.4 is 0 Å². The Morgan fingerprint density at radius 3 is 2.71 bits per heavy atom. The van der Waals surface area contributed by atoms with E-state index >= 15 is 0 Å². The molecule has 2 N–H and O–H groups in total. The summed E-state index contributed by atoms with van der Waals surface area (Å²) in [7, 11) is 1.47. The van der Waals surface area contributed by atoms with E-state index in [0.29, 0.717) is 5.82 Å². The third-order valence-corrected chi connectivity index (χ3v) is 1.97. The van der Waals surface area contributed by atoms with Gasteiger partial charge in [-0.3, -0.25) is 14.7 Å². The number of carboxylic acids is 1. The second-order valence-corrected chi connectivity index (χ2v) is 3.36. The van der Waals surface area contributed by atoms with E-state index in [2.05, 4.69) is 15.2 Å². The van der Waals surface area contributed by atoms with Crippen molar-refractivity contribution in [2.24, 2.45) is 0 Å². The lowest BCUT2D eigenvalue weighted by molar-refractivity contribution is -0.137. The average Bonchev–Trinajstić information content (AvgIpc) is 2.69. The second-order valence-electron chi connectivity index (χ2n) is 3.36. The number of nitrogens with one attached hydrogen (secondary N) is 1. The SMILES string of the molecule is COCCN(CC(=O)O)C(=O)c1n[nH]c(C)n1. The Balaban J connectivity index is 2.74. The van der Waals surface area contributed by atoms with Gasteiger partial charge in [-0.05, 0) is 6.92 Å². The molecule has 1 aromatic heterocycles. The summed E-state index contributed by atoms with van der Waals surface area (Å²) in [5.74, 6) is -1.18. The Morgan fingerprint density at radius 1 is 1.53 bits per heavy atom. The second kappa shape index (κ2) is 5.94. The van der Waals surface area contributed by atoms with E-state index in [1.54, 1.807) is 6.92 Å². The van der Waals surface area contributed by atoms with Crippen molar-refractivity contribution in [1.29, 1.82) is 0 Å². The van der Waals surface area contributed by atoms with E-state index < -0.39 is 18.4 Å². The van der Waals surface area contributed by atoms with Crippen LogP contribution in [0.4, 0.5) is 0 Å². The number of nitrogens with zero attached hydrogens (tertiary/aromatic N) is 3. The fraction of sp³-hybridized carbons (Fsp3) is 0.556. The number of hydrogen-bond acceptors (Lipinski definition) is 5. The molecule has 0 aliphatic rings. The first-order chi connectivity index (χ1) is 8.04. The molecule has 0 aliphatic carbocycles. The number of ether oxygens (including phenoxy) is 1. The zero-order valence-corrected chi connectivity index (χ0v) is 9.63. The first kappa shape index (κ1) is 13.1. The molecule has 0 unspecified atom stereocenters. The number of methoxy groups -OCH3 is 1. The number of hydrogen-bond donors (Lipinski definition) is 2. The fourth-order valence-electron chi connectivity index (χ4n) is 1.20. The molecule has 0 fully saturated rings. The molecule has 0 aliphatic heterocycles. The van der Waals surface area contributed by atoms with E-state index in [4.69, 9.17) is 9.84 Å². The van der Waals surface area contributed by atoms with Gasteiger partial charge < -0.3 is 14.7 Å². The van der Waals surface area contributed by atoms with Crippen LogP contribution >= 0.6 is 0 Å². The molecule has 0 spiro atoms. The maximum Gasteiger partial charge on any atom is 0.323 e. The minimum Gasteiger partial charge on any atom is -0.480 e. The quantitative estimate of drug-likeness (QED) is 0.682. The number of carbonyl (C=O) groups excluding carboxylic acids is 1. The van der Waals surface area contributed by atoms with Gasteiger partial charge in [-0.1, -0.05) is 0 Å². The van der Waals surface area contributed by atoms with Crippen molar-refractivity contribution in [2.45, 2.75) is 6.92 Å². The maximum atomic E-state index is 11.9. The van der Waals surface area contributed by atoms with Gasteiger partial charge >= 0.3 is 5.97 Å². The number of aryl methyl sites for hydroxylation is 1. The first-order valence-corrected chi connectivity index (χ1v) is 4.93. The summed E-state index contributed by atoms with van der Waals surface area (Å²) in [6.45, 7) is 1.67. The van der Waals surface area contributed by atoms with Crippen molar-refractivity contribution in [3.8, 4) is 0 Å². The number of aromatic amines is 1. The smallest absolute Gasteiger partial charge is 0.323 e. The number of aromatic nitrogens is 3. The largest absolute Gasteiger partial charge is 0.480 e. The lowest BCUT2D eigenvalue weighted by Gasteiger charge is -2.18. The van der Waals surface area contributed by atoms with Gasteiger partial charge in [-0.2, -0.15) is 0 Å². The Bertz CT molecular complexity index is 403. The van der Waals surface area contributed by atoms with E-state index in [0.717, 1.165) is 4.90 Å². The molecule has 0 aromatic carbocycles. The summed E-state index contributed by atoms with van der Waals surface area (Å²) in [6, 6.07) is 0. The summed E-state index contributed by atoms with van der Waals surface area (Å²) in [6.07, 6.45) is 0. The zero-order valence-electron chi connectivity index (χ0n) is 9.63. The summed E-state index contributed by atoms with van der Waals surface area (Å²) in [5, 5.41) is 14.9. The van der Waals surface area contributed by atoms with Crippen molar-refractivity contribution in [3.63, 3.8) is 0 Å². The lowest BCUT2D eigenvalue weighted by Crippen LogP contribution is -2.38.